The van der Waals surface area contributed by atoms with Gasteiger partial charge in [0.1, 0.15) is 11.6 Å². The number of hydrogen-bond donors (Lipinski definition) is 1. The van der Waals surface area contributed by atoms with Crippen molar-refractivity contribution in [3.63, 3.8) is 0 Å². The van der Waals surface area contributed by atoms with Crippen LogP contribution >= 0.6 is 0 Å². The average Bonchev–Trinajstić information content (AvgIpc) is 2.83. The average molecular weight is 289 g/mol. The second kappa shape index (κ2) is 5.95. The van der Waals surface area contributed by atoms with Crippen molar-refractivity contribution in [1.82, 2.24) is 9.97 Å². The van der Waals surface area contributed by atoms with E-state index in [0.717, 1.165) is 11.3 Å². The van der Waals surface area contributed by atoms with E-state index >= 15 is 0 Å². The molecule has 6 nitrogen and oxygen atoms in total. The molecule has 0 radical (unpaired) electrons. The minimum Gasteiger partial charge on any atom is -0.476 e. The fraction of sp³-hybridized carbons (Fsp3) is 0.400. The summed E-state index contributed by atoms with van der Waals surface area (Å²) in [6, 6.07) is 1.87. The maximum absolute atomic E-state index is 11.4. The zero-order valence-corrected chi connectivity index (χ0v) is 12.6. The largest absolute Gasteiger partial charge is 0.476 e. The molecule has 112 valence electrons. The molecule has 0 amide bonds. The summed E-state index contributed by atoms with van der Waals surface area (Å²) in [4.78, 5) is 21.7. The van der Waals surface area contributed by atoms with Crippen LogP contribution in [0.2, 0.25) is 0 Å². The highest BCUT2D eigenvalue weighted by Crippen LogP contribution is 2.22. The van der Waals surface area contributed by atoms with Crippen LogP contribution in [0.4, 0.5) is 5.69 Å². The Labute approximate surface area is 123 Å². The fourth-order valence-corrected chi connectivity index (χ4v) is 2.02. The van der Waals surface area contributed by atoms with Crippen LogP contribution in [-0.2, 0) is 6.54 Å². The monoisotopic (exact) mass is 289 g/mol. The Hall–Kier alpha value is -2.37. The predicted octanol–water partition coefficient (Wildman–Crippen LogP) is 2.84. The number of aromatic nitrogens is 2. The van der Waals surface area contributed by atoms with Crippen LogP contribution in [0.3, 0.4) is 0 Å². The lowest BCUT2D eigenvalue weighted by molar-refractivity contribution is 0.0690. The van der Waals surface area contributed by atoms with E-state index in [1.54, 1.807) is 12.5 Å². The summed E-state index contributed by atoms with van der Waals surface area (Å²) in [7, 11) is 1.81. The van der Waals surface area contributed by atoms with E-state index in [4.69, 9.17) is 4.42 Å². The Balaban J connectivity index is 2.34. The second-order valence-corrected chi connectivity index (χ2v) is 5.28. The van der Waals surface area contributed by atoms with Gasteiger partial charge in [0.25, 0.3) is 0 Å². The number of carboxylic acids is 1. The van der Waals surface area contributed by atoms with Crippen LogP contribution in [0.25, 0.3) is 0 Å². The molecule has 2 heterocycles. The molecule has 0 fully saturated rings. The van der Waals surface area contributed by atoms with Gasteiger partial charge in [0.15, 0.2) is 5.69 Å². The Kier molecular flexibility index (Phi) is 4.26. The van der Waals surface area contributed by atoms with E-state index in [9.17, 15) is 9.90 Å². The molecule has 2 rings (SSSR count). The summed E-state index contributed by atoms with van der Waals surface area (Å²) in [5.41, 5.74) is 1.52. The Morgan fingerprint density at radius 2 is 2.19 bits per heavy atom. The van der Waals surface area contributed by atoms with Gasteiger partial charge in [-0.05, 0) is 13.0 Å². The smallest absolute Gasteiger partial charge is 0.356 e. The van der Waals surface area contributed by atoms with Gasteiger partial charge in [-0.1, -0.05) is 13.8 Å². The van der Waals surface area contributed by atoms with Gasteiger partial charge < -0.3 is 14.4 Å². The number of carboxylic acid groups (broad SMARTS) is 1. The predicted molar refractivity (Wildman–Crippen MR) is 78.6 cm³/mol. The first-order valence-corrected chi connectivity index (χ1v) is 6.74. The van der Waals surface area contributed by atoms with Gasteiger partial charge in [0, 0.05) is 25.1 Å². The number of anilines is 1. The van der Waals surface area contributed by atoms with Crippen LogP contribution in [0, 0.1) is 6.92 Å². The summed E-state index contributed by atoms with van der Waals surface area (Å²) in [6.45, 7) is 6.27. The van der Waals surface area contributed by atoms with E-state index in [1.807, 2.05) is 38.8 Å². The zero-order chi connectivity index (χ0) is 15.6. The molecule has 2 aromatic rings. The van der Waals surface area contributed by atoms with Crippen LogP contribution in [0.1, 0.15) is 47.4 Å². The fourth-order valence-electron chi connectivity index (χ4n) is 2.02. The first-order valence-electron chi connectivity index (χ1n) is 6.74. The third-order valence-electron chi connectivity index (χ3n) is 3.29. The summed E-state index contributed by atoms with van der Waals surface area (Å²) < 4.78 is 5.26. The van der Waals surface area contributed by atoms with Crippen LogP contribution in [0.15, 0.2) is 22.9 Å². The van der Waals surface area contributed by atoms with Gasteiger partial charge in [0.2, 0.25) is 0 Å². The molecule has 0 unspecified atom stereocenters. The zero-order valence-electron chi connectivity index (χ0n) is 12.6. The van der Waals surface area contributed by atoms with Crippen molar-refractivity contribution in [2.24, 2.45) is 0 Å². The highest BCUT2D eigenvalue weighted by Gasteiger charge is 2.19. The molecule has 6 heteroatoms. The van der Waals surface area contributed by atoms with Gasteiger partial charge >= 0.3 is 5.97 Å². The van der Waals surface area contributed by atoms with Crippen molar-refractivity contribution in [2.75, 3.05) is 11.9 Å². The summed E-state index contributed by atoms with van der Waals surface area (Å²) in [5, 5.41) is 9.37. The third-order valence-corrected chi connectivity index (χ3v) is 3.29. The van der Waals surface area contributed by atoms with Crippen molar-refractivity contribution in [2.45, 2.75) is 33.2 Å². The molecular formula is C15H19N3O3. The van der Waals surface area contributed by atoms with E-state index in [1.165, 1.54) is 0 Å². The van der Waals surface area contributed by atoms with Gasteiger partial charge in [-0.3, -0.25) is 0 Å². The minimum absolute atomic E-state index is 0.0253. The first-order chi connectivity index (χ1) is 9.90. The van der Waals surface area contributed by atoms with E-state index in [2.05, 4.69) is 9.97 Å². The molecule has 0 spiro atoms. The molecule has 21 heavy (non-hydrogen) atoms. The molecule has 0 aliphatic rings. The first kappa shape index (κ1) is 15.0. The minimum atomic E-state index is -1.05. The molecule has 0 saturated carbocycles. The lowest BCUT2D eigenvalue weighted by Crippen LogP contribution is -2.21. The number of furan rings is 1. The highest BCUT2D eigenvalue weighted by molar-refractivity contribution is 5.91. The Bertz CT molecular complexity index is 649. The maximum Gasteiger partial charge on any atom is 0.356 e. The molecule has 0 aliphatic heterocycles. The topological polar surface area (TPSA) is 79.5 Å². The number of nitrogens with zero attached hydrogens (tertiary/aromatic N) is 3. The van der Waals surface area contributed by atoms with Crippen molar-refractivity contribution in [1.29, 1.82) is 0 Å². The highest BCUT2D eigenvalue weighted by atomic mass is 16.4. The Morgan fingerprint density at radius 3 is 2.71 bits per heavy atom. The number of aromatic carboxylic acids is 1. The molecule has 0 atom stereocenters. The SMILES string of the molecule is Cc1occc1CN(C)c1cnc(C(C)C)nc1C(=O)O. The van der Waals surface area contributed by atoms with Crippen LogP contribution < -0.4 is 4.90 Å². The van der Waals surface area contributed by atoms with Crippen LogP contribution in [-0.4, -0.2) is 28.1 Å². The molecular weight excluding hydrogens is 270 g/mol. The van der Waals surface area contributed by atoms with Crippen LogP contribution in [0.5, 0.6) is 0 Å². The van der Waals surface area contributed by atoms with Crippen molar-refractivity contribution < 1.29 is 14.3 Å². The number of aryl methyl sites for hydroxylation is 1. The molecule has 0 saturated heterocycles. The van der Waals surface area contributed by atoms with Crippen molar-refractivity contribution in [3.05, 3.63) is 41.4 Å². The lowest BCUT2D eigenvalue weighted by atomic mass is 10.2. The third kappa shape index (κ3) is 3.21. The number of rotatable bonds is 5. The van der Waals surface area contributed by atoms with Gasteiger partial charge in [-0.15, -0.1) is 0 Å². The van der Waals surface area contributed by atoms with Gasteiger partial charge in [0.05, 0.1) is 18.1 Å². The van der Waals surface area contributed by atoms with Crippen molar-refractivity contribution in [3.8, 4) is 0 Å². The summed E-state index contributed by atoms with van der Waals surface area (Å²) in [5.74, 6) is 0.381. The van der Waals surface area contributed by atoms with E-state index in [-0.39, 0.29) is 11.6 Å². The summed E-state index contributed by atoms with van der Waals surface area (Å²) in [6.07, 6.45) is 3.19. The summed E-state index contributed by atoms with van der Waals surface area (Å²) >= 11 is 0. The van der Waals surface area contributed by atoms with Gasteiger partial charge in [-0.25, -0.2) is 14.8 Å². The van der Waals surface area contributed by atoms with Crippen molar-refractivity contribution >= 4 is 11.7 Å². The van der Waals surface area contributed by atoms with E-state index in [0.29, 0.717) is 18.1 Å². The molecule has 0 aromatic carbocycles. The Morgan fingerprint density at radius 1 is 1.48 bits per heavy atom. The molecule has 0 aliphatic carbocycles. The lowest BCUT2D eigenvalue weighted by Gasteiger charge is -2.20. The molecule has 0 bridgehead atoms. The van der Waals surface area contributed by atoms with E-state index < -0.39 is 5.97 Å². The molecule has 2 aromatic heterocycles. The quantitative estimate of drug-likeness (QED) is 0.911. The van der Waals surface area contributed by atoms with Gasteiger partial charge in [-0.2, -0.15) is 0 Å². The number of carbonyl (C=O) groups is 1. The number of hydrogen-bond acceptors (Lipinski definition) is 5. The standard InChI is InChI=1S/C15H19N3O3/c1-9(2)14-16-7-12(13(17-14)15(19)20)18(4)8-11-5-6-21-10(11)3/h5-7,9H,8H2,1-4H3,(H,19,20). The normalized spacial score (nSPS) is 10.9. The maximum atomic E-state index is 11.4. The molecule has 1 N–H and O–H groups in total. The second-order valence-electron chi connectivity index (χ2n) is 5.28.